The van der Waals surface area contributed by atoms with Crippen molar-refractivity contribution in [3.8, 4) is 0 Å². The van der Waals surface area contributed by atoms with Gasteiger partial charge in [-0.25, -0.2) is 19.9 Å². The first-order valence-corrected chi connectivity index (χ1v) is 7.61. The Bertz CT molecular complexity index is 597. The van der Waals surface area contributed by atoms with E-state index in [1.54, 1.807) is 0 Å². The van der Waals surface area contributed by atoms with Crippen molar-refractivity contribution in [1.29, 1.82) is 0 Å². The van der Waals surface area contributed by atoms with Crippen LogP contribution in [-0.2, 0) is 6.42 Å². The van der Waals surface area contributed by atoms with Crippen LogP contribution in [0.2, 0.25) is 0 Å². The quantitative estimate of drug-likeness (QED) is 0.548. The van der Waals surface area contributed by atoms with Crippen molar-refractivity contribution < 1.29 is 0 Å². The van der Waals surface area contributed by atoms with Crippen molar-refractivity contribution in [2.45, 2.75) is 36.9 Å². The largest absolute Gasteiger partial charge is 0.383 e. The lowest BCUT2D eigenvalue weighted by Crippen LogP contribution is -2.07. The van der Waals surface area contributed by atoms with Gasteiger partial charge in [-0.3, -0.25) is 0 Å². The van der Waals surface area contributed by atoms with Crippen molar-refractivity contribution in [2.75, 3.05) is 23.3 Å². The molecule has 0 bridgehead atoms. The molecule has 8 heteroatoms. The van der Waals surface area contributed by atoms with Gasteiger partial charge in [-0.05, 0) is 24.6 Å². The molecular weight excluding hydrogens is 286 g/mol. The molecule has 2 aromatic rings. The maximum Gasteiger partial charge on any atom is 0.197 e. The Morgan fingerprint density at radius 1 is 1.14 bits per heavy atom. The third-order valence-corrected chi connectivity index (χ3v) is 3.65. The average Bonchev–Trinajstić information content (AvgIpc) is 2.44. The highest BCUT2D eigenvalue weighted by molar-refractivity contribution is 7.99. The SMILES string of the molecule is CCCNc1ncnc(Sc2nc(N)cc(N)n2)c1CC. The summed E-state index contributed by atoms with van der Waals surface area (Å²) in [5.41, 5.74) is 12.4. The molecule has 0 unspecified atom stereocenters. The van der Waals surface area contributed by atoms with Gasteiger partial charge in [-0.2, -0.15) is 0 Å². The van der Waals surface area contributed by atoms with E-state index in [1.165, 1.54) is 24.2 Å². The van der Waals surface area contributed by atoms with Gasteiger partial charge in [0, 0.05) is 18.2 Å². The zero-order valence-electron chi connectivity index (χ0n) is 12.1. The molecule has 2 rings (SSSR count). The normalized spacial score (nSPS) is 10.6. The van der Waals surface area contributed by atoms with Gasteiger partial charge in [0.2, 0.25) is 0 Å². The molecule has 0 aliphatic carbocycles. The van der Waals surface area contributed by atoms with Gasteiger partial charge in [0.05, 0.1) is 0 Å². The lowest BCUT2D eigenvalue weighted by Gasteiger charge is -2.12. The molecule has 2 heterocycles. The van der Waals surface area contributed by atoms with Crippen molar-refractivity contribution in [2.24, 2.45) is 0 Å². The van der Waals surface area contributed by atoms with Gasteiger partial charge in [-0.1, -0.05) is 13.8 Å². The van der Waals surface area contributed by atoms with Crippen LogP contribution >= 0.6 is 11.8 Å². The molecule has 0 aliphatic rings. The maximum atomic E-state index is 5.69. The van der Waals surface area contributed by atoms with E-state index in [4.69, 9.17) is 11.5 Å². The number of nitrogens with zero attached hydrogens (tertiary/aromatic N) is 4. The van der Waals surface area contributed by atoms with Crippen molar-refractivity contribution in [1.82, 2.24) is 19.9 Å². The van der Waals surface area contributed by atoms with Crippen LogP contribution in [-0.4, -0.2) is 26.5 Å². The number of anilines is 3. The second-order valence-electron chi connectivity index (χ2n) is 4.39. The first-order chi connectivity index (χ1) is 10.1. The number of nitrogens with one attached hydrogen (secondary N) is 1. The summed E-state index contributed by atoms with van der Waals surface area (Å²) < 4.78 is 0. The van der Waals surface area contributed by atoms with Gasteiger partial charge >= 0.3 is 0 Å². The van der Waals surface area contributed by atoms with E-state index >= 15 is 0 Å². The molecule has 0 saturated carbocycles. The fraction of sp³-hybridized carbons (Fsp3) is 0.385. The molecule has 5 N–H and O–H groups in total. The number of nitrogen functional groups attached to an aromatic ring is 2. The Labute approximate surface area is 128 Å². The van der Waals surface area contributed by atoms with E-state index in [0.717, 1.165) is 35.8 Å². The minimum absolute atomic E-state index is 0.349. The molecule has 0 atom stereocenters. The summed E-state index contributed by atoms with van der Waals surface area (Å²) >= 11 is 1.34. The Morgan fingerprint density at radius 2 is 1.86 bits per heavy atom. The van der Waals surface area contributed by atoms with E-state index in [1.807, 2.05) is 0 Å². The summed E-state index contributed by atoms with van der Waals surface area (Å²) in [6, 6.07) is 1.53. The smallest absolute Gasteiger partial charge is 0.197 e. The molecule has 0 aromatic carbocycles. The van der Waals surface area contributed by atoms with E-state index in [0.29, 0.717) is 16.8 Å². The molecule has 0 amide bonds. The fourth-order valence-corrected chi connectivity index (χ4v) is 2.73. The zero-order valence-corrected chi connectivity index (χ0v) is 12.9. The highest BCUT2D eigenvalue weighted by Crippen LogP contribution is 2.30. The van der Waals surface area contributed by atoms with Crippen LogP contribution in [0.15, 0.2) is 22.6 Å². The molecule has 0 saturated heterocycles. The Balaban J connectivity index is 2.30. The number of nitrogens with two attached hydrogens (primary N) is 2. The number of aromatic nitrogens is 4. The van der Waals surface area contributed by atoms with Crippen LogP contribution < -0.4 is 16.8 Å². The summed E-state index contributed by atoms with van der Waals surface area (Å²) in [5.74, 6) is 1.55. The Hall–Kier alpha value is -2.09. The highest BCUT2D eigenvalue weighted by Gasteiger charge is 2.13. The number of rotatable bonds is 6. The van der Waals surface area contributed by atoms with Crippen LogP contribution in [0.4, 0.5) is 17.5 Å². The Kier molecular flexibility index (Phi) is 5.15. The topological polar surface area (TPSA) is 116 Å². The standard InChI is InChI=1S/C13H19N7S/c1-3-5-16-11-8(4-2)12(18-7-17-11)21-13-19-9(14)6-10(15)20-13/h6-7H,3-5H2,1-2H3,(H,16,17,18)(H4,14,15,19,20). The highest BCUT2D eigenvalue weighted by atomic mass is 32.2. The van der Waals surface area contributed by atoms with Crippen LogP contribution in [0.5, 0.6) is 0 Å². The minimum Gasteiger partial charge on any atom is -0.383 e. The molecule has 0 fully saturated rings. The zero-order chi connectivity index (χ0) is 15.2. The molecule has 0 aliphatic heterocycles. The summed E-state index contributed by atoms with van der Waals surface area (Å²) in [5, 5.41) is 4.61. The summed E-state index contributed by atoms with van der Waals surface area (Å²) in [6.45, 7) is 5.04. The van der Waals surface area contributed by atoms with E-state index in [2.05, 4.69) is 39.1 Å². The molecule has 0 spiro atoms. The number of hydrogen-bond acceptors (Lipinski definition) is 8. The molecule has 2 aromatic heterocycles. The van der Waals surface area contributed by atoms with Gasteiger partial charge in [0.15, 0.2) is 5.16 Å². The fourth-order valence-electron chi connectivity index (χ4n) is 1.79. The van der Waals surface area contributed by atoms with E-state index in [-0.39, 0.29) is 0 Å². The third-order valence-electron chi connectivity index (χ3n) is 2.74. The lowest BCUT2D eigenvalue weighted by atomic mass is 10.2. The third kappa shape index (κ3) is 3.94. The van der Waals surface area contributed by atoms with Crippen LogP contribution in [0.25, 0.3) is 0 Å². The van der Waals surface area contributed by atoms with Gasteiger partial charge in [-0.15, -0.1) is 0 Å². The molecule has 21 heavy (non-hydrogen) atoms. The van der Waals surface area contributed by atoms with Crippen molar-refractivity contribution in [3.05, 3.63) is 18.0 Å². The molecule has 7 nitrogen and oxygen atoms in total. The van der Waals surface area contributed by atoms with E-state index in [9.17, 15) is 0 Å². The predicted molar refractivity (Wildman–Crippen MR) is 85.2 cm³/mol. The van der Waals surface area contributed by atoms with Crippen LogP contribution in [0, 0.1) is 0 Å². The summed E-state index contributed by atoms with van der Waals surface area (Å²) in [7, 11) is 0. The maximum absolute atomic E-state index is 5.69. The summed E-state index contributed by atoms with van der Waals surface area (Å²) in [4.78, 5) is 17.0. The second kappa shape index (κ2) is 7.07. The first-order valence-electron chi connectivity index (χ1n) is 6.79. The summed E-state index contributed by atoms with van der Waals surface area (Å²) in [6.07, 6.45) is 3.38. The Morgan fingerprint density at radius 3 is 2.48 bits per heavy atom. The van der Waals surface area contributed by atoms with Gasteiger partial charge < -0.3 is 16.8 Å². The van der Waals surface area contributed by atoms with Crippen molar-refractivity contribution >= 4 is 29.2 Å². The lowest BCUT2D eigenvalue weighted by molar-refractivity contribution is 0.904. The van der Waals surface area contributed by atoms with E-state index < -0.39 is 0 Å². The van der Waals surface area contributed by atoms with Gasteiger partial charge in [0.25, 0.3) is 0 Å². The second-order valence-corrected chi connectivity index (χ2v) is 5.34. The number of hydrogen-bond donors (Lipinski definition) is 3. The predicted octanol–water partition coefficient (Wildman–Crippen LogP) is 1.97. The first kappa shape index (κ1) is 15.3. The molecule has 0 radical (unpaired) electrons. The monoisotopic (exact) mass is 305 g/mol. The van der Waals surface area contributed by atoms with Crippen LogP contribution in [0.1, 0.15) is 25.8 Å². The van der Waals surface area contributed by atoms with Gasteiger partial charge in [0.1, 0.15) is 28.8 Å². The molecule has 112 valence electrons. The minimum atomic E-state index is 0.349. The molecular formula is C13H19N7S. The van der Waals surface area contributed by atoms with Crippen LogP contribution in [0.3, 0.4) is 0 Å². The van der Waals surface area contributed by atoms with Crippen molar-refractivity contribution in [3.63, 3.8) is 0 Å². The average molecular weight is 305 g/mol.